The van der Waals surface area contributed by atoms with Crippen LogP contribution in [0.2, 0.25) is 5.02 Å². The van der Waals surface area contributed by atoms with E-state index in [0.29, 0.717) is 27.7 Å². The second-order valence-electron chi connectivity index (χ2n) is 6.66. The van der Waals surface area contributed by atoms with Crippen molar-refractivity contribution in [2.24, 2.45) is 0 Å². The first-order valence-corrected chi connectivity index (χ1v) is 10.8. The summed E-state index contributed by atoms with van der Waals surface area (Å²) in [5, 5.41) is 9.29. The summed E-state index contributed by atoms with van der Waals surface area (Å²) in [5.41, 5.74) is 1.88. The molecule has 29 heavy (non-hydrogen) atoms. The molecular weight excluding hydrogens is 412 g/mol. The zero-order valence-corrected chi connectivity index (χ0v) is 18.0. The van der Waals surface area contributed by atoms with Crippen LogP contribution in [0.15, 0.2) is 41.3 Å². The number of fused-ring (bicyclic) bond motifs is 1. The highest BCUT2D eigenvalue weighted by Crippen LogP contribution is 2.27. The maximum atomic E-state index is 12.4. The third kappa shape index (κ3) is 4.22. The standard InChI is InChI=1S/C20H21ClN4O3S/c1-4-9-25-18-7-6-15(29(26,27)24(2)3)11-17(18)23-20(25)13-28-19-8-5-14(12-22)10-16(19)21/h5-8,10-11H,4,9,13H2,1-3H3. The Balaban J connectivity index is 1.96. The van der Waals surface area contributed by atoms with Crippen molar-refractivity contribution < 1.29 is 13.2 Å². The number of sulfonamides is 1. The number of benzene rings is 2. The Morgan fingerprint density at radius 1 is 1.24 bits per heavy atom. The van der Waals surface area contributed by atoms with Gasteiger partial charge in [0.05, 0.1) is 32.6 Å². The minimum absolute atomic E-state index is 0.163. The number of hydrogen-bond donors (Lipinski definition) is 0. The van der Waals surface area contributed by atoms with E-state index in [9.17, 15) is 8.42 Å². The summed E-state index contributed by atoms with van der Waals surface area (Å²) in [6, 6.07) is 11.8. The highest BCUT2D eigenvalue weighted by atomic mass is 35.5. The van der Waals surface area contributed by atoms with Crippen LogP contribution >= 0.6 is 11.6 Å². The second-order valence-corrected chi connectivity index (χ2v) is 9.22. The van der Waals surface area contributed by atoms with Gasteiger partial charge in [-0.1, -0.05) is 18.5 Å². The summed E-state index contributed by atoms with van der Waals surface area (Å²) in [6.45, 7) is 2.94. The first-order chi connectivity index (χ1) is 13.8. The first-order valence-electron chi connectivity index (χ1n) is 9.02. The number of aryl methyl sites for hydroxylation is 1. The van der Waals surface area contributed by atoms with Crippen molar-refractivity contribution in [2.75, 3.05) is 14.1 Å². The van der Waals surface area contributed by atoms with Crippen LogP contribution in [0.25, 0.3) is 11.0 Å². The van der Waals surface area contributed by atoms with E-state index in [-0.39, 0.29) is 11.5 Å². The van der Waals surface area contributed by atoms with Crippen LogP contribution in [-0.2, 0) is 23.2 Å². The Labute approximate surface area is 175 Å². The molecule has 0 N–H and O–H groups in total. The van der Waals surface area contributed by atoms with Crippen LogP contribution < -0.4 is 4.74 Å². The van der Waals surface area contributed by atoms with E-state index in [1.54, 1.807) is 36.4 Å². The van der Waals surface area contributed by atoms with Crippen molar-refractivity contribution in [3.05, 3.63) is 52.8 Å². The average molecular weight is 433 g/mol. The van der Waals surface area contributed by atoms with Gasteiger partial charge in [-0.15, -0.1) is 0 Å². The van der Waals surface area contributed by atoms with Gasteiger partial charge in [0.1, 0.15) is 18.2 Å². The molecule has 0 saturated carbocycles. The summed E-state index contributed by atoms with van der Waals surface area (Å²) in [6.07, 6.45) is 0.883. The van der Waals surface area contributed by atoms with Crippen molar-refractivity contribution >= 4 is 32.7 Å². The Kier molecular flexibility index (Phi) is 6.13. The predicted molar refractivity (Wildman–Crippen MR) is 111 cm³/mol. The van der Waals surface area contributed by atoms with Crippen LogP contribution in [-0.4, -0.2) is 36.4 Å². The second kappa shape index (κ2) is 8.41. The summed E-state index contributed by atoms with van der Waals surface area (Å²) in [4.78, 5) is 4.80. The van der Waals surface area contributed by atoms with Crippen molar-refractivity contribution in [3.8, 4) is 11.8 Å². The van der Waals surface area contributed by atoms with Crippen molar-refractivity contribution in [1.29, 1.82) is 5.26 Å². The van der Waals surface area contributed by atoms with Gasteiger partial charge in [0.15, 0.2) is 0 Å². The van der Waals surface area contributed by atoms with Crippen LogP contribution in [0, 0.1) is 11.3 Å². The molecule has 152 valence electrons. The van der Waals surface area contributed by atoms with E-state index in [4.69, 9.17) is 21.6 Å². The fraction of sp³-hybridized carbons (Fsp3) is 0.300. The number of nitrogens with zero attached hydrogens (tertiary/aromatic N) is 4. The topological polar surface area (TPSA) is 88.2 Å². The molecule has 0 aliphatic carbocycles. The molecule has 9 heteroatoms. The van der Waals surface area contributed by atoms with Crippen molar-refractivity contribution in [3.63, 3.8) is 0 Å². The number of aromatic nitrogens is 2. The fourth-order valence-corrected chi connectivity index (χ4v) is 4.10. The maximum absolute atomic E-state index is 12.4. The molecule has 0 aliphatic heterocycles. The first kappa shape index (κ1) is 21.1. The molecule has 0 radical (unpaired) electrons. The molecule has 1 heterocycles. The van der Waals surface area contributed by atoms with Gasteiger partial charge in [-0.25, -0.2) is 17.7 Å². The summed E-state index contributed by atoms with van der Waals surface area (Å²) >= 11 is 6.18. The lowest BCUT2D eigenvalue weighted by Gasteiger charge is -2.12. The molecular formula is C20H21ClN4O3S. The number of nitriles is 1. The van der Waals surface area contributed by atoms with Gasteiger partial charge in [0.2, 0.25) is 10.0 Å². The molecule has 0 atom stereocenters. The van der Waals surface area contributed by atoms with E-state index in [1.807, 2.05) is 10.6 Å². The minimum atomic E-state index is -3.54. The van der Waals surface area contributed by atoms with E-state index >= 15 is 0 Å². The van der Waals surface area contributed by atoms with Crippen LogP contribution in [0.5, 0.6) is 5.75 Å². The monoisotopic (exact) mass is 432 g/mol. The van der Waals surface area contributed by atoms with Gasteiger partial charge in [-0.05, 0) is 42.8 Å². The molecule has 0 unspecified atom stereocenters. The largest absolute Gasteiger partial charge is 0.484 e. The average Bonchev–Trinajstić information content (AvgIpc) is 3.04. The molecule has 3 rings (SSSR count). The van der Waals surface area contributed by atoms with Crippen LogP contribution in [0.4, 0.5) is 0 Å². The molecule has 0 saturated heterocycles. The van der Waals surface area contributed by atoms with E-state index < -0.39 is 10.0 Å². The third-order valence-corrected chi connectivity index (χ3v) is 6.55. The lowest BCUT2D eigenvalue weighted by molar-refractivity contribution is 0.290. The predicted octanol–water partition coefficient (Wildman–Crippen LogP) is 3.80. The van der Waals surface area contributed by atoms with Crippen LogP contribution in [0.3, 0.4) is 0 Å². The number of rotatable bonds is 7. The molecule has 2 aromatic carbocycles. The minimum Gasteiger partial charge on any atom is -0.484 e. The van der Waals surface area contributed by atoms with Gasteiger partial charge < -0.3 is 9.30 Å². The Bertz CT molecular complexity index is 1200. The highest BCUT2D eigenvalue weighted by molar-refractivity contribution is 7.89. The maximum Gasteiger partial charge on any atom is 0.242 e. The summed E-state index contributed by atoms with van der Waals surface area (Å²) in [5.74, 6) is 1.12. The summed E-state index contributed by atoms with van der Waals surface area (Å²) in [7, 11) is -0.551. The van der Waals surface area contributed by atoms with Gasteiger partial charge in [-0.3, -0.25) is 0 Å². The molecule has 0 bridgehead atoms. The van der Waals surface area contributed by atoms with Crippen molar-refractivity contribution in [2.45, 2.75) is 31.4 Å². The Hall–Kier alpha value is -2.60. The molecule has 3 aromatic rings. The smallest absolute Gasteiger partial charge is 0.242 e. The van der Waals surface area contributed by atoms with E-state index in [2.05, 4.69) is 11.9 Å². The molecule has 1 aromatic heterocycles. The SMILES string of the molecule is CCCn1c(COc2ccc(C#N)cc2Cl)nc2cc(S(=O)(=O)N(C)C)ccc21. The van der Waals surface area contributed by atoms with Gasteiger partial charge in [0, 0.05) is 20.6 Å². The molecule has 0 spiro atoms. The Morgan fingerprint density at radius 2 is 2.00 bits per heavy atom. The number of halogens is 1. The molecule has 0 amide bonds. The lowest BCUT2D eigenvalue weighted by Crippen LogP contribution is -2.22. The molecule has 0 aliphatic rings. The Morgan fingerprint density at radius 3 is 2.62 bits per heavy atom. The van der Waals surface area contributed by atoms with Gasteiger partial charge in [0.25, 0.3) is 0 Å². The van der Waals surface area contributed by atoms with E-state index in [0.717, 1.165) is 18.5 Å². The number of ether oxygens (including phenoxy) is 1. The number of hydrogen-bond acceptors (Lipinski definition) is 5. The normalized spacial score (nSPS) is 11.7. The highest BCUT2D eigenvalue weighted by Gasteiger charge is 2.20. The third-order valence-electron chi connectivity index (χ3n) is 4.44. The zero-order valence-electron chi connectivity index (χ0n) is 16.4. The van der Waals surface area contributed by atoms with Gasteiger partial charge >= 0.3 is 0 Å². The zero-order chi connectivity index (χ0) is 21.2. The van der Waals surface area contributed by atoms with Gasteiger partial charge in [-0.2, -0.15) is 5.26 Å². The quantitative estimate of drug-likeness (QED) is 0.566. The number of imidazole rings is 1. The summed E-state index contributed by atoms with van der Waals surface area (Å²) < 4.78 is 33.9. The van der Waals surface area contributed by atoms with Crippen LogP contribution in [0.1, 0.15) is 24.7 Å². The lowest BCUT2D eigenvalue weighted by atomic mass is 10.2. The van der Waals surface area contributed by atoms with Crippen molar-refractivity contribution in [1.82, 2.24) is 13.9 Å². The van der Waals surface area contributed by atoms with E-state index in [1.165, 1.54) is 18.4 Å². The fourth-order valence-electron chi connectivity index (χ4n) is 2.94. The molecule has 7 nitrogen and oxygen atoms in total. The molecule has 0 fully saturated rings.